The van der Waals surface area contributed by atoms with Crippen LogP contribution in [0.15, 0.2) is 66.9 Å². The van der Waals surface area contributed by atoms with Crippen LogP contribution in [0.2, 0.25) is 0 Å². The minimum atomic E-state index is 1.01. The molecule has 1 heterocycles. The average molecular weight is 280 g/mol. The summed E-state index contributed by atoms with van der Waals surface area (Å²) >= 11 is 0. The Morgan fingerprint density at radius 2 is 1.33 bits per heavy atom. The molecule has 0 fully saturated rings. The first kappa shape index (κ1) is 16.7. The lowest BCUT2D eigenvalue weighted by Gasteiger charge is -2.08. The van der Waals surface area contributed by atoms with Crippen LogP contribution in [0.25, 0.3) is 10.9 Å². The fourth-order valence-corrected chi connectivity index (χ4v) is 1.88. The van der Waals surface area contributed by atoms with Gasteiger partial charge in [-0.3, -0.25) is 4.98 Å². The molecule has 2 nitrogen and oxygen atoms in total. The predicted octanol–water partition coefficient (Wildman–Crippen LogP) is 6.03. The third-order valence-corrected chi connectivity index (χ3v) is 2.70. The van der Waals surface area contributed by atoms with Crippen LogP contribution in [-0.4, -0.2) is 4.98 Å². The van der Waals surface area contributed by atoms with E-state index in [9.17, 15) is 0 Å². The average Bonchev–Trinajstić information content (AvgIpc) is 2.60. The zero-order valence-corrected chi connectivity index (χ0v) is 13.3. The van der Waals surface area contributed by atoms with Gasteiger partial charge in [0.05, 0.1) is 5.52 Å². The van der Waals surface area contributed by atoms with E-state index in [1.807, 2.05) is 76.4 Å². The molecule has 0 spiro atoms. The van der Waals surface area contributed by atoms with Crippen molar-refractivity contribution in [1.29, 1.82) is 0 Å². The summed E-state index contributed by atoms with van der Waals surface area (Å²) < 4.78 is 0. The van der Waals surface area contributed by atoms with Gasteiger partial charge in [0.25, 0.3) is 0 Å². The highest BCUT2D eigenvalue weighted by atomic mass is 14.9. The molecule has 110 valence electrons. The van der Waals surface area contributed by atoms with E-state index in [0.717, 1.165) is 22.3 Å². The summed E-state index contributed by atoms with van der Waals surface area (Å²) in [6.45, 7) is 8.00. The van der Waals surface area contributed by atoms with Crippen LogP contribution in [-0.2, 0) is 0 Å². The molecule has 0 unspecified atom stereocenters. The predicted molar refractivity (Wildman–Crippen MR) is 94.2 cm³/mol. The van der Waals surface area contributed by atoms with Crippen LogP contribution in [0.3, 0.4) is 0 Å². The summed E-state index contributed by atoms with van der Waals surface area (Å²) in [7, 11) is 0. The van der Waals surface area contributed by atoms with E-state index >= 15 is 0 Å². The molecular weight excluding hydrogens is 256 g/mol. The van der Waals surface area contributed by atoms with Crippen molar-refractivity contribution in [3.05, 3.63) is 66.9 Å². The number of hydrogen-bond donors (Lipinski definition) is 1. The Morgan fingerprint density at radius 1 is 0.714 bits per heavy atom. The van der Waals surface area contributed by atoms with Crippen molar-refractivity contribution < 1.29 is 0 Å². The first-order valence-corrected chi connectivity index (χ1v) is 7.59. The number of para-hydroxylation sites is 2. The summed E-state index contributed by atoms with van der Waals surface area (Å²) in [5.41, 5.74) is 3.18. The molecule has 0 aliphatic rings. The van der Waals surface area contributed by atoms with Crippen LogP contribution in [0.4, 0.5) is 11.4 Å². The number of nitrogens with zero attached hydrogens (tertiary/aromatic N) is 1. The maximum absolute atomic E-state index is 4.34. The van der Waals surface area contributed by atoms with E-state index in [-0.39, 0.29) is 0 Å². The number of aromatic nitrogens is 1. The fourth-order valence-electron chi connectivity index (χ4n) is 1.88. The quantitative estimate of drug-likeness (QED) is 0.620. The van der Waals surface area contributed by atoms with Gasteiger partial charge in [0.15, 0.2) is 0 Å². The Hall–Kier alpha value is -2.35. The number of hydrogen-bond acceptors (Lipinski definition) is 2. The van der Waals surface area contributed by atoms with Gasteiger partial charge in [-0.1, -0.05) is 64.1 Å². The number of anilines is 2. The van der Waals surface area contributed by atoms with Crippen molar-refractivity contribution in [3.8, 4) is 0 Å². The SMILES string of the molecule is CC.CC.c1ccc(Nc2ccnc3ccccc23)cc1. The maximum Gasteiger partial charge on any atom is 0.0722 e. The Kier molecular flexibility index (Phi) is 7.59. The second-order valence-corrected chi connectivity index (χ2v) is 3.87. The summed E-state index contributed by atoms with van der Waals surface area (Å²) in [6, 6.07) is 20.3. The lowest BCUT2D eigenvalue weighted by molar-refractivity contribution is 1.40. The molecule has 0 radical (unpaired) electrons. The molecule has 0 atom stereocenters. The zero-order valence-electron chi connectivity index (χ0n) is 13.3. The molecule has 1 aromatic heterocycles. The number of rotatable bonds is 2. The second kappa shape index (κ2) is 9.54. The van der Waals surface area contributed by atoms with Gasteiger partial charge in [-0.15, -0.1) is 0 Å². The largest absolute Gasteiger partial charge is 0.355 e. The van der Waals surface area contributed by atoms with E-state index in [1.165, 1.54) is 0 Å². The highest BCUT2D eigenvalue weighted by Crippen LogP contribution is 2.24. The van der Waals surface area contributed by atoms with E-state index in [0.29, 0.717) is 0 Å². The van der Waals surface area contributed by atoms with Crippen LogP contribution in [0, 0.1) is 0 Å². The molecule has 0 aliphatic carbocycles. The Morgan fingerprint density at radius 3 is 2.05 bits per heavy atom. The first-order chi connectivity index (χ1) is 10.4. The number of benzene rings is 2. The topological polar surface area (TPSA) is 24.9 Å². The third kappa shape index (κ3) is 4.60. The Labute approximate surface area is 127 Å². The molecule has 1 N–H and O–H groups in total. The van der Waals surface area contributed by atoms with Gasteiger partial charge in [-0.05, 0) is 24.3 Å². The van der Waals surface area contributed by atoms with Crippen molar-refractivity contribution in [2.24, 2.45) is 0 Å². The van der Waals surface area contributed by atoms with Crippen molar-refractivity contribution in [1.82, 2.24) is 4.98 Å². The molecule has 0 amide bonds. The van der Waals surface area contributed by atoms with Gasteiger partial charge in [0.2, 0.25) is 0 Å². The fraction of sp³-hybridized carbons (Fsp3) is 0.211. The van der Waals surface area contributed by atoms with Gasteiger partial charge in [-0.2, -0.15) is 0 Å². The lowest BCUT2D eigenvalue weighted by atomic mass is 10.2. The Bertz CT molecular complexity index is 628. The molecule has 0 aliphatic heterocycles. The zero-order chi connectivity index (χ0) is 15.5. The smallest absolute Gasteiger partial charge is 0.0722 e. The van der Waals surface area contributed by atoms with Crippen molar-refractivity contribution in [3.63, 3.8) is 0 Å². The minimum Gasteiger partial charge on any atom is -0.355 e. The van der Waals surface area contributed by atoms with E-state index in [1.54, 1.807) is 0 Å². The number of nitrogens with one attached hydrogen (secondary N) is 1. The van der Waals surface area contributed by atoms with Gasteiger partial charge in [0.1, 0.15) is 0 Å². The molecule has 0 bridgehead atoms. The maximum atomic E-state index is 4.34. The van der Waals surface area contributed by atoms with Crippen molar-refractivity contribution in [2.75, 3.05) is 5.32 Å². The third-order valence-electron chi connectivity index (χ3n) is 2.70. The van der Waals surface area contributed by atoms with Crippen LogP contribution in [0.1, 0.15) is 27.7 Å². The van der Waals surface area contributed by atoms with Gasteiger partial charge in [-0.25, -0.2) is 0 Å². The summed E-state index contributed by atoms with van der Waals surface area (Å²) in [5.74, 6) is 0. The molecule has 3 rings (SSSR count). The van der Waals surface area contributed by atoms with Crippen molar-refractivity contribution >= 4 is 22.3 Å². The standard InChI is InChI=1S/C15H12N2.2C2H6/c1-2-6-12(7-3-1)17-15-10-11-16-14-9-5-4-8-13(14)15;2*1-2/h1-11H,(H,16,17);2*1-2H3. The molecule has 2 heteroatoms. The monoisotopic (exact) mass is 280 g/mol. The summed E-state index contributed by atoms with van der Waals surface area (Å²) in [4.78, 5) is 4.34. The van der Waals surface area contributed by atoms with E-state index in [4.69, 9.17) is 0 Å². The molecule has 2 aromatic carbocycles. The van der Waals surface area contributed by atoms with Gasteiger partial charge >= 0.3 is 0 Å². The number of pyridine rings is 1. The highest BCUT2D eigenvalue weighted by molar-refractivity contribution is 5.92. The van der Waals surface area contributed by atoms with E-state index < -0.39 is 0 Å². The molecule has 3 aromatic rings. The van der Waals surface area contributed by atoms with Crippen LogP contribution < -0.4 is 5.32 Å². The first-order valence-electron chi connectivity index (χ1n) is 7.59. The van der Waals surface area contributed by atoms with Gasteiger partial charge < -0.3 is 5.32 Å². The molecule has 0 saturated heterocycles. The molecule has 21 heavy (non-hydrogen) atoms. The summed E-state index contributed by atoms with van der Waals surface area (Å²) in [5, 5.41) is 4.54. The molecular formula is C19H24N2. The van der Waals surface area contributed by atoms with E-state index in [2.05, 4.69) is 28.5 Å². The lowest BCUT2D eigenvalue weighted by Crippen LogP contribution is -1.91. The highest BCUT2D eigenvalue weighted by Gasteiger charge is 2.00. The molecule has 0 saturated carbocycles. The number of fused-ring (bicyclic) bond motifs is 1. The summed E-state index contributed by atoms with van der Waals surface area (Å²) in [6.07, 6.45) is 1.83. The van der Waals surface area contributed by atoms with Crippen molar-refractivity contribution in [2.45, 2.75) is 27.7 Å². The second-order valence-electron chi connectivity index (χ2n) is 3.87. The van der Waals surface area contributed by atoms with Gasteiger partial charge in [0, 0.05) is 23.0 Å². The minimum absolute atomic E-state index is 1.01. The Balaban J connectivity index is 0.000000510. The van der Waals surface area contributed by atoms with Crippen LogP contribution >= 0.6 is 0 Å². The van der Waals surface area contributed by atoms with Crippen LogP contribution in [0.5, 0.6) is 0 Å². The normalized spacial score (nSPS) is 8.95.